The fraction of sp³-hybridized carbons (Fsp3) is 0.462. The lowest BCUT2D eigenvalue weighted by Gasteiger charge is -2.24. The molecule has 4 nitrogen and oxygen atoms in total. The van der Waals surface area contributed by atoms with Crippen molar-refractivity contribution in [3.8, 4) is 5.75 Å². The Morgan fingerprint density at radius 3 is 2.78 bits per heavy atom. The Labute approximate surface area is 106 Å². The van der Waals surface area contributed by atoms with Crippen molar-refractivity contribution in [2.75, 3.05) is 25.6 Å². The maximum absolute atomic E-state index is 13.2. The molecule has 0 fully saturated rings. The molecule has 100 valence electrons. The summed E-state index contributed by atoms with van der Waals surface area (Å²) in [5, 5.41) is 8.71. The zero-order valence-corrected chi connectivity index (χ0v) is 10.8. The van der Waals surface area contributed by atoms with Crippen LogP contribution in [0.1, 0.15) is 13.3 Å². The van der Waals surface area contributed by atoms with Crippen molar-refractivity contribution in [1.82, 2.24) is 0 Å². The molecule has 0 saturated carbocycles. The van der Waals surface area contributed by atoms with Gasteiger partial charge in [-0.05, 0) is 18.1 Å². The fourth-order valence-corrected chi connectivity index (χ4v) is 1.89. The molecule has 0 heterocycles. The third kappa shape index (κ3) is 3.91. The van der Waals surface area contributed by atoms with E-state index in [-0.39, 0.29) is 18.2 Å². The molecular weight excluding hydrogens is 237 g/mol. The number of carboxylic acids is 1. The van der Waals surface area contributed by atoms with Crippen molar-refractivity contribution in [1.29, 1.82) is 0 Å². The predicted octanol–water partition coefficient (Wildman–Crippen LogP) is 2.38. The third-order valence-electron chi connectivity index (χ3n) is 2.66. The fourth-order valence-electron chi connectivity index (χ4n) is 1.89. The van der Waals surface area contributed by atoms with Gasteiger partial charge in [0.25, 0.3) is 0 Å². The molecule has 1 N–H and O–H groups in total. The first kappa shape index (κ1) is 14.3. The molecule has 0 aliphatic carbocycles. The highest BCUT2D eigenvalue weighted by Gasteiger charge is 2.14. The number of halogens is 1. The van der Waals surface area contributed by atoms with E-state index in [2.05, 4.69) is 0 Å². The molecule has 1 aromatic rings. The highest BCUT2D eigenvalue weighted by Crippen LogP contribution is 2.28. The van der Waals surface area contributed by atoms with Crippen LogP contribution in [0.3, 0.4) is 0 Å². The van der Waals surface area contributed by atoms with Gasteiger partial charge in [0.05, 0.1) is 12.8 Å². The van der Waals surface area contributed by atoms with Crippen molar-refractivity contribution in [3.63, 3.8) is 0 Å². The molecule has 1 unspecified atom stereocenters. The third-order valence-corrected chi connectivity index (χ3v) is 2.66. The molecule has 5 heteroatoms. The van der Waals surface area contributed by atoms with Crippen LogP contribution in [0.5, 0.6) is 5.75 Å². The Balaban J connectivity index is 2.79. The maximum atomic E-state index is 13.2. The number of hydrogen-bond acceptors (Lipinski definition) is 3. The van der Waals surface area contributed by atoms with E-state index in [0.717, 1.165) is 0 Å². The Kier molecular flexibility index (Phi) is 4.95. The van der Waals surface area contributed by atoms with Crippen LogP contribution in [0.25, 0.3) is 0 Å². The highest BCUT2D eigenvalue weighted by molar-refractivity contribution is 5.67. The Hall–Kier alpha value is -1.78. The number of carbonyl (C=O) groups is 1. The number of hydrogen-bond donors (Lipinski definition) is 1. The van der Waals surface area contributed by atoms with Crippen molar-refractivity contribution < 1.29 is 19.0 Å². The SMILES string of the molecule is COc1ccc(F)cc1N(C)CC(C)CC(=O)O. The second-order valence-electron chi connectivity index (χ2n) is 4.40. The molecule has 1 atom stereocenters. The topological polar surface area (TPSA) is 49.8 Å². The zero-order valence-electron chi connectivity index (χ0n) is 10.8. The summed E-state index contributed by atoms with van der Waals surface area (Å²) in [6.07, 6.45) is 0.0853. The molecule has 0 radical (unpaired) electrons. The molecule has 0 spiro atoms. The smallest absolute Gasteiger partial charge is 0.303 e. The van der Waals surface area contributed by atoms with E-state index < -0.39 is 5.97 Å². The quantitative estimate of drug-likeness (QED) is 0.848. The van der Waals surface area contributed by atoms with E-state index in [1.807, 2.05) is 6.92 Å². The van der Waals surface area contributed by atoms with Gasteiger partial charge >= 0.3 is 5.97 Å². The summed E-state index contributed by atoms with van der Waals surface area (Å²) in [4.78, 5) is 12.4. The van der Waals surface area contributed by atoms with Crippen LogP contribution < -0.4 is 9.64 Å². The van der Waals surface area contributed by atoms with Gasteiger partial charge in [0, 0.05) is 26.1 Å². The van der Waals surface area contributed by atoms with Crippen LogP contribution in [0.4, 0.5) is 10.1 Å². The van der Waals surface area contributed by atoms with Crippen LogP contribution >= 0.6 is 0 Å². The van der Waals surface area contributed by atoms with Gasteiger partial charge in [0.2, 0.25) is 0 Å². The molecule has 0 bridgehead atoms. The van der Waals surface area contributed by atoms with Crippen LogP contribution in [-0.4, -0.2) is 31.8 Å². The number of methoxy groups -OCH3 is 1. The van der Waals surface area contributed by atoms with Gasteiger partial charge in [-0.25, -0.2) is 4.39 Å². The van der Waals surface area contributed by atoms with Crippen LogP contribution in [0.2, 0.25) is 0 Å². The Bertz CT molecular complexity index is 423. The number of rotatable bonds is 6. The predicted molar refractivity (Wildman–Crippen MR) is 67.6 cm³/mol. The van der Waals surface area contributed by atoms with Gasteiger partial charge in [0.1, 0.15) is 11.6 Å². The summed E-state index contributed by atoms with van der Waals surface area (Å²) < 4.78 is 18.4. The number of ether oxygens (including phenoxy) is 1. The van der Waals surface area contributed by atoms with Gasteiger partial charge in [-0.2, -0.15) is 0 Å². The highest BCUT2D eigenvalue weighted by atomic mass is 19.1. The maximum Gasteiger partial charge on any atom is 0.303 e. The van der Waals surface area contributed by atoms with E-state index in [9.17, 15) is 9.18 Å². The summed E-state index contributed by atoms with van der Waals surface area (Å²) in [7, 11) is 3.31. The molecule has 0 aromatic heterocycles. The first-order valence-electron chi connectivity index (χ1n) is 5.70. The van der Waals surface area contributed by atoms with Crippen molar-refractivity contribution in [3.05, 3.63) is 24.0 Å². The lowest BCUT2D eigenvalue weighted by Crippen LogP contribution is -2.25. The van der Waals surface area contributed by atoms with E-state index in [1.165, 1.54) is 19.2 Å². The summed E-state index contributed by atoms with van der Waals surface area (Å²) in [5.41, 5.74) is 0.620. The number of benzene rings is 1. The van der Waals surface area contributed by atoms with Crippen molar-refractivity contribution in [2.24, 2.45) is 5.92 Å². The van der Waals surface area contributed by atoms with Gasteiger partial charge in [-0.1, -0.05) is 6.92 Å². The molecule has 0 aliphatic heterocycles. The molecule has 0 amide bonds. The van der Waals surface area contributed by atoms with Crippen LogP contribution in [-0.2, 0) is 4.79 Å². The first-order chi connectivity index (χ1) is 8.43. The minimum absolute atomic E-state index is 0.0273. The van der Waals surface area contributed by atoms with Crippen molar-refractivity contribution >= 4 is 11.7 Å². The average Bonchev–Trinajstić information content (AvgIpc) is 2.27. The minimum atomic E-state index is -0.831. The zero-order chi connectivity index (χ0) is 13.7. The number of aliphatic carboxylic acids is 1. The van der Waals surface area contributed by atoms with Crippen molar-refractivity contribution in [2.45, 2.75) is 13.3 Å². The molecular formula is C13H18FNO3. The largest absolute Gasteiger partial charge is 0.495 e. The number of anilines is 1. The van der Waals surface area contributed by atoms with Crippen LogP contribution in [0, 0.1) is 11.7 Å². The van der Waals surface area contributed by atoms with E-state index in [0.29, 0.717) is 18.0 Å². The minimum Gasteiger partial charge on any atom is -0.495 e. The summed E-state index contributed by atoms with van der Waals surface area (Å²) in [6, 6.07) is 4.27. The summed E-state index contributed by atoms with van der Waals surface area (Å²) in [5.74, 6) is -0.632. The number of carboxylic acid groups (broad SMARTS) is 1. The number of nitrogens with zero attached hydrogens (tertiary/aromatic N) is 1. The van der Waals surface area contributed by atoms with Gasteiger partial charge in [0.15, 0.2) is 0 Å². The second kappa shape index (κ2) is 6.23. The lowest BCUT2D eigenvalue weighted by molar-refractivity contribution is -0.137. The summed E-state index contributed by atoms with van der Waals surface area (Å²) in [6.45, 7) is 2.36. The Morgan fingerprint density at radius 1 is 1.56 bits per heavy atom. The lowest BCUT2D eigenvalue weighted by atomic mass is 10.1. The first-order valence-corrected chi connectivity index (χ1v) is 5.70. The monoisotopic (exact) mass is 255 g/mol. The van der Waals surface area contributed by atoms with Gasteiger partial charge in [-0.3, -0.25) is 4.79 Å². The Morgan fingerprint density at radius 2 is 2.22 bits per heavy atom. The molecule has 0 aliphatic rings. The molecule has 0 saturated heterocycles. The summed E-state index contributed by atoms with van der Waals surface area (Å²) >= 11 is 0. The van der Waals surface area contributed by atoms with Gasteiger partial charge < -0.3 is 14.7 Å². The van der Waals surface area contributed by atoms with E-state index in [4.69, 9.17) is 9.84 Å². The van der Waals surface area contributed by atoms with Gasteiger partial charge in [-0.15, -0.1) is 0 Å². The normalized spacial score (nSPS) is 12.0. The van der Waals surface area contributed by atoms with Crippen LogP contribution in [0.15, 0.2) is 18.2 Å². The molecule has 1 rings (SSSR count). The standard InChI is InChI=1S/C13H18FNO3/c1-9(6-13(16)17)8-15(2)11-7-10(14)4-5-12(11)18-3/h4-5,7,9H,6,8H2,1-3H3,(H,16,17). The molecule has 1 aromatic carbocycles. The van der Waals surface area contributed by atoms with E-state index in [1.54, 1.807) is 18.0 Å². The second-order valence-corrected chi connectivity index (χ2v) is 4.40. The van der Waals surface area contributed by atoms with E-state index >= 15 is 0 Å². The molecule has 18 heavy (non-hydrogen) atoms. The average molecular weight is 255 g/mol.